The predicted octanol–water partition coefficient (Wildman–Crippen LogP) is 0.474. The minimum atomic E-state index is -0.142. The molecule has 3 aliphatic rings. The largest absolute Gasteiger partial charge is 0.345 e. The summed E-state index contributed by atoms with van der Waals surface area (Å²) in [4.78, 5) is 35.6. The lowest BCUT2D eigenvalue weighted by Gasteiger charge is -2.27. The van der Waals surface area contributed by atoms with Crippen LogP contribution in [0.1, 0.15) is 42.1 Å². The van der Waals surface area contributed by atoms with E-state index in [0.29, 0.717) is 18.9 Å². The Morgan fingerprint density at radius 1 is 1.12 bits per heavy atom. The Morgan fingerprint density at radius 3 is 2.64 bits per heavy atom. The van der Waals surface area contributed by atoms with E-state index in [1.165, 1.54) is 12.8 Å². The van der Waals surface area contributed by atoms with Crippen molar-refractivity contribution in [3.63, 3.8) is 0 Å². The maximum absolute atomic E-state index is 12.9. The maximum Gasteiger partial charge on any atom is 0.345 e. The summed E-state index contributed by atoms with van der Waals surface area (Å²) < 4.78 is 3.41. The van der Waals surface area contributed by atoms with Gasteiger partial charge in [-0.2, -0.15) is 5.10 Å². The molecule has 2 atom stereocenters. The second-order valence-electron chi connectivity index (χ2n) is 7.31. The summed E-state index contributed by atoms with van der Waals surface area (Å²) in [6.07, 6.45) is 8.03. The van der Waals surface area contributed by atoms with Gasteiger partial charge in [-0.25, -0.2) is 19.4 Å². The van der Waals surface area contributed by atoms with Gasteiger partial charge in [0.2, 0.25) is 5.82 Å². The number of amides is 1. The van der Waals surface area contributed by atoms with Gasteiger partial charge in [-0.05, 0) is 37.7 Å². The van der Waals surface area contributed by atoms with Crippen LogP contribution in [0.4, 0.5) is 0 Å². The highest BCUT2D eigenvalue weighted by molar-refractivity contribution is 5.91. The monoisotopic (exact) mass is 340 g/mol. The highest BCUT2D eigenvalue weighted by atomic mass is 16.2. The van der Waals surface area contributed by atoms with Crippen LogP contribution >= 0.6 is 0 Å². The SMILES string of the molecule is O=C(c1ncccn1)N1[C@@H]2CC[C@H]1Cc1nn(CC3CC3)c(=O)n1C2. The maximum atomic E-state index is 12.9. The van der Waals surface area contributed by atoms with E-state index in [-0.39, 0.29) is 29.5 Å². The molecule has 8 heteroatoms. The quantitative estimate of drug-likeness (QED) is 0.811. The molecule has 1 amide bonds. The van der Waals surface area contributed by atoms with Crippen molar-refractivity contribution in [2.24, 2.45) is 5.92 Å². The minimum absolute atomic E-state index is 0.0128. The van der Waals surface area contributed by atoms with Crippen LogP contribution < -0.4 is 5.69 Å². The summed E-state index contributed by atoms with van der Waals surface area (Å²) >= 11 is 0. The van der Waals surface area contributed by atoms with Crippen molar-refractivity contribution in [2.45, 2.75) is 57.3 Å². The van der Waals surface area contributed by atoms with Crippen LogP contribution in [0.3, 0.4) is 0 Å². The minimum Gasteiger partial charge on any atom is -0.328 e. The van der Waals surface area contributed by atoms with Crippen LogP contribution in [0, 0.1) is 5.92 Å². The first-order valence-electron chi connectivity index (χ1n) is 8.97. The van der Waals surface area contributed by atoms with E-state index in [9.17, 15) is 9.59 Å². The van der Waals surface area contributed by atoms with Crippen LogP contribution in [-0.4, -0.2) is 47.2 Å². The molecule has 130 valence electrons. The van der Waals surface area contributed by atoms with Gasteiger partial charge in [0, 0.05) is 37.9 Å². The topological polar surface area (TPSA) is 85.9 Å². The summed E-state index contributed by atoms with van der Waals surface area (Å²) in [5.74, 6) is 1.51. The van der Waals surface area contributed by atoms with Crippen LogP contribution in [0.5, 0.6) is 0 Å². The zero-order chi connectivity index (χ0) is 17.0. The molecule has 1 aliphatic carbocycles. The Bertz CT molecular complexity index is 869. The highest BCUT2D eigenvalue weighted by Crippen LogP contribution is 2.32. The molecule has 0 unspecified atom stereocenters. The van der Waals surface area contributed by atoms with Gasteiger partial charge in [-0.15, -0.1) is 0 Å². The number of rotatable bonds is 3. The van der Waals surface area contributed by atoms with Crippen LogP contribution in [0.15, 0.2) is 23.3 Å². The zero-order valence-electron chi connectivity index (χ0n) is 13.9. The molecule has 0 aromatic carbocycles. The Hall–Kier alpha value is -2.51. The average Bonchev–Trinajstić information content (AvgIpc) is 3.32. The van der Waals surface area contributed by atoms with Gasteiger partial charge in [0.05, 0.1) is 6.04 Å². The third-order valence-electron chi connectivity index (χ3n) is 5.55. The molecular formula is C17H20N6O2. The fourth-order valence-electron chi connectivity index (χ4n) is 4.10. The molecular weight excluding hydrogens is 320 g/mol. The lowest BCUT2D eigenvalue weighted by atomic mass is 10.1. The summed E-state index contributed by atoms with van der Waals surface area (Å²) in [5.41, 5.74) is -0.0298. The fourth-order valence-corrected chi connectivity index (χ4v) is 4.10. The molecule has 1 saturated carbocycles. The molecule has 2 aliphatic heterocycles. The number of hydrogen-bond donors (Lipinski definition) is 0. The molecule has 0 spiro atoms. The normalized spacial score (nSPS) is 24.9. The average molecular weight is 340 g/mol. The second kappa shape index (κ2) is 5.50. The van der Waals surface area contributed by atoms with Crippen molar-refractivity contribution >= 4 is 5.91 Å². The van der Waals surface area contributed by atoms with E-state index >= 15 is 0 Å². The van der Waals surface area contributed by atoms with E-state index in [0.717, 1.165) is 25.2 Å². The Labute approximate surface area is 144 Å². The number of fused-ring (bicyclic) bond motifs is 3. The fraction of sp³-hybridized carbons (Fsp3) is 0.588. The molecule has 2 fully saturated rings. The molecule has 4 heterocycles. The van der Waals surface area contributed by atoms with E-state index < -0.39 is 0 Å². The molecule has 0 N–H and O–H groups in total. The van der Waals surface area contributed by atoms with Crippen molar-refractivity contribution in [3.05, 3.63) is 40.6 Å². The van der Waals surface area contributed by atoms with Crippen LogP contribution in [0.25, 0.3) is 0 Å². The third-order valence-corrected chi connectivity index (χ3v) is 5.55. The summed E-state index contributed by atoms with van der Waals surface area (Å²) in [5, 5.41) is 4.57. The molecule has 0 radical (unpaired) electrons. The third kappa shape index (κ3) is 2.47. The molecule has 2 aromatic rings. The number of carbonyl (C=O) groups is 1. The van der Waals surface area contributed by atoms with Crippen molar-refractivity contribution in [1.29, 1.82) is 0 Å². The molecule has 5 rings (SSSR count). The summed E-state index contributed by atoms with van der Waals surface area (Å²) in [6.45, 7) is 1.25. The van der Waals surface area contributed by atoms with Gasteiger partial charge < -0.3 is 4.90 Å². The number of aromatic nitrogens is 5. The van der Waals surface area contributed by atoms with Gasteiger partial charge in [-0.3, -0.25) is 9.36 Å². The van der Waals surface area contributed by atoms with Crippen molar-refractivity contribution < 1.29 is 4.79 Å². The van der Waals surface area contributed by atoms with Crippen LogP contribution in [0.2, 0.25) is 0 Å². The van der Waals surface area contributed by atoms with Gasteiger partial charge in [0.15, 0.2) is 0 Å². The first-order chi connectivity index (χ1) is 12.2. The molecule has 1 saturated heterocycles. The molecule has 2 aromatic heterocycles. The smallest absolute Gasteiger partial charge is 0.328 e. The number of hydrogen-bond acceptors (Lipinski definition) is 5. The first kappa shape index (κ1) is 14.8. The molecule has 25 heavy (non-hydrogen) atoms. The van der Waals surface area contributed by atoms with E-state index in [4.69, 9.17) is 0 Å². The van der Waals surface area contributed by atoms with Gasteiger partial charge in [0.1, 0.15) is 5.82 Å². The van der Waals surface area contributed by atoms with Gasteiger partial charge in [-0.1, -0.05) is 0 Å². The Balaban J connectivity index is 1.45. The Morgan fingerprint density at radius 2 is 1.88 bits per heavy atom. The second-order valence-corrected chi connectivity index (χ2v) is 7.31. The lowest BCUT2D eigenvalue weighted by Crippen LogP contribution is -2.43. The van der Waals surface area contributed by atoms with Crippen molar-refractivity contribution in [3.8, 4) is 0 Å². The van der Waals surface area contributed by atoms with Crippen molar-refractivity contribution in [2.75, 3.05) is 0 Å². The lowest BCUT2D eigenvalue weighted by molar-refractivity contribution is 0.0652. The van der Waals surface area contributed by atoms with E-state index in [2.05, 4.69) is 15.1 Å². The van der Waals surface area contributed by atoms with Crippen molar-refractivity contribution in [1.82, 2.24) is 29.2 Å². The van der Waals surface area contributed by atoms with Crippen LogP contribution in [-0.2, 0) is 19.5 Å². The number of nitrogens with zero attached hydrogens (tertiary/aromatic N) is 6. The van der Waals surface area contributed by atoms with Gasteiger partial charge >= 0.3 is 5.69 Å². The summed E-state index contributed by atoms with van der Waals surface area (Å²) in [7, 11) is 0. The molecule has 8 nitrogen and oxygen atoms in total. The zero-order valence-corrected chi connectivity index (χ0v) is 13.9. The predicted molar refractivity (Wildman–Crippen MR) is 87.9 cm³/mol. The summed E-state index contributed by atoms with van der Waals surface area (Å²) in [6, 6.07) is 1.78. The first-order valence-corrected chi connectivity index (χ1v) is 8.97. The standard InChI is InChI=1S/C17H20N6O2/c24-16(15-18-6-1-7-19-15)23-12-4-5-13(23)10-21-14(8-12)20-22(17(21)25)9-11-2-3-11/h1,6-7,11-13H,2-5,8-10H2/t12-,13+/m0/s1. The molecule has 2 bridgehead atoms. The van der Waals surface area contributed by atoms with Gasteiger partial charge in [0.25, 0.3) is 5.91 Å². The highest BCUT2D eigenvalue weighted by Gasteiger charge is 2.42. The van der Waals surface area contributed by atoms with E-state index in [1.54, 1.807) is 27.7 Å². The number of carbonyl (C=O) groups excluding carboxylic acids is 1. The van der Waals surface area contributed by atoms with E-state index in [1.807, 2.05) is 4.90 Å². The Kier molecular flexibility index (Phi) is 3.26.